The summed E-state index contributed by atoms with van der Waals surface area (Å²) in [5, 5.41) is 10.6. The van der Waals surface area contributed by atoms with Crippen molar-refractivity contribution in [2.45, 2.75) is 13.5 Å². The van der Waals surface area contributed by atoms with Crippen molar-refractivity contribution in [3.05, 3.63) is 87.7 Å². The minimum atomic E-state index is -0.818. The third kappa shape index (κ3) is 5.82. The lowest BCUT2D eigenvalue weighted by Crippen LogP contribution is -2.41. The molecule has 0 radical (unpaired) electrons. The van der Waals surface area contributed by atoms with Crippen LogP contribution in [0.15, 0.2) is 65.1 Å². The molecule has 0 aliphatic heterocycles. The quantitative estimate of drug-likeness (QED) is 0.418. The number of hydrogen-bond donors (Lipinski definition) is 2. The Hall–Kier alpha value is -4.34. The van der Waals surface area contributed by atoms with E-state index >= 15 is 0 Å². The Morgan fingerprint density at radius 2 is 1.52 bits per heavy atom. The first-order valence-electron chi connectivity index (χ1n) is 9.25. The summed E-state index contributed by atoms with van der Waals surface area (Å²) in [7, 11) is 0. The largest absolute Gasteiger partial charge is 0.494 e. The molecule has 3 rings (SSSR count). The fraction of sp³-hybridized carbons (Fsp3) is 0.143. The number of amides is 2. The van der Waals surface area contributed by atoms with Crippen LogP contribution in [0.2, 0.25) is 0 Å². The number of hydrogen-bond acceptors (Lipinski definition) is 7. The van der Waals surface area contributed by atoms with E-state index < -0.39 is 22.6 Å². The molecule has 0 unspecified atom stereocenters. The predicted octanol–water partition coefficient (Wildman–Crippen LogP) is 3.24. The van der Waals surface area contributed by atoms with E-state index in [0.29, 0.717) is 24.5 Å². The van der Waals surface area contributed by atoms with Gasteiger partial charge < -0.3 is 13.9 Å². The number of hydrazine groups is 1. The molecule has 1 heterocycles. The second-order valence-corrected chi connectivity index (χ2v) is 6.19. The van der Waals surface area contributed by atoms with Gasteiger partial charge in [0.1, 0.15) is 23.0 Å². The second kappa shape index (κ2) is 9.92. The van der Waals surface area contributed by atoms with Crippen molar-refractivity contribution in [1.82, 2.24) is 10.9 Å². The van der Waals surface area contributed by atoms with Gasteiger partial charge in [-0.2, -0.15) is 0 Å². The lowest BCUT2D eigenvalue weighted by Gasteiger charge is -2.09. The molecule has 2 amide bonds. The minimum absolute atomic E-state index is 0.297. The average molecular weight is 425 g/mol. The first-order chi connectivity index (χ1) is 15.0. The Labute approximate surface area is 176 Å². The van der Waals surface area contributed by atoms with Crippen molar-refractivity contribution in [1.29, 1.82) is 0 Å². The van der Waals surface area contributed by atoms with E-state index in [-0.39, 0.29) is 5.76 Å². The molecule has 0 spiro atoms. The van der Waals surface area contributed by atoms with Gasteiger partial charge >= 0.3 is 11.8 Å². The van der Waals surface area contributed by atoms with Gasteiger partial charge in [0.05, 0.1) is 12.7 Å². The van der Waals surface area contributed by atoms with Crippen molar-refractivity contribution in [3.63, 3.8) is 0 Å². The topological polar surface area (TPSA) is 133 Å². The van der Waals surface area contributed by atoms with Gasteiger partial charge in [-0.3, -0.25) is 30.6 Å². The highest BCUT2D eigenvalue weighted by Gasteiger charge is 2.17. The molecule has 160 valence electrons. The van der Waals surface area contributed by atoms with E-state index in [9.17, 15) is 19.7 Å². The van der Waals surface area contributed by atoms with Gasteiger partial charge in [0.15, 0.2) is 0 Å². The number of nitrogens with one attached hydrogen (secondary N) is 2. The van der Waals surface area contributed by atoms with Crippen molar-refractivity contribution >= 4 is 17.7 Å². The molecule has 0 saturated carbocycles. The van der Waals surface area contributed by atoms with Crippen LogP contribution in [-0.4, -0.2) is 23.3 Å². The number of benzene rings is 2. The summed E-state index contributed by atoms with van der Waals surface area (Å²) < 4.78 is 15.8. The molecule has 0 bridgehead atoms. The molecule has 0 aliphatic carbocycles. The van der Waals surface area contributed by atoms with Gasteiger partial charge in [0, 0.05) is 5.56 Å². The average Bonchev–Trinajstić information content (AvgIpc) is 3.28. The monoisotopic (exact) mass is 425 g/mol. The Morgan fingerprint density at radius 1 is 0.903 bits per heavy atom. The standard InChI is InChI=1S/C21H19N3O7/c1-2-29-16-7-9-17(10-8-16)30-13-14-3-5-15(6-4-14)20(25)22-23-21(26)18-11-12-19(31-18)24(27)28/h3-12H,2,13H2,1H3,(H,22,25)(H,23,26). The van der Waals surface area contributed by atoms with Gasteiger partial charge in [-0.1, -0.05) is 12.1 Å². The van der Waals surface area contributed by atoms with Gasteiger partial charge in [-0.15, -0.1) is 0 Å². The molecule has 10 heteroatoms. The van der Waals surface area contributed by atoms with Crippen LogP contribution in [0, 0.1) is 10.1 Å². The van der Waals surface area contributed by atoms with Crippen molar-refractivity contribution < 1.29 is 28.4 Å². The highest BCUT2D eigenvalue weighted by atomic mass is 16.6. The SMILES string of the molecule is CCOc1ccc(OCc2ccc(C(=O)NNC(=O)c3ccc([N+](=O)[O-])o3)cc2)cc1. The van der Waals surface area contributed by atoms with Crippen molar-refractivity contribution in [2.24, 2.45) is 0 Å². The van der Waals surface area contributed by atoms with Crippen LogP contribution in [-0.2, 0) is 6.61 Å². The molecular formula is C21H19N3O7. The lowest BCUT2D eigenvalue weighted by atomic mass is 10.1. The van der Waals surface area contributed by atoms with Crippen LogP contribution in [0.4, 0.5) is 5.88 Å². The summed E-state index contributed by atoms with van der Waals surface area (Å²) >= 11 is 0. The third-order valence-corrected chi connectivity index (χ3v) is 4.04. The third-order valence-electron chi connectivity index (χ3n) is 4.04. The minimum Gasteiger partial charge on any atom is -0.494 e. The van der Waals surface area contributed by atoms with Crippen LogP contribution in [0.5, 0.6) is 11.5 Å². The molecule has 10 nitrogen and oxygen atoms in total. The zero-order chi connectivity index (χ0) is 22.2. The first-order valence-corrected chi connectivity index (χ1v) is 9.25. The lowest BCUT2D eigenvalue weighted by molar-refractivity contribution is -0.402. The normalized spacial score (nSPS) is 10.2. The van der Waals surface area contributed by atoms with E-state index in [1.165, 1.54) is 0 Å². The van der Waals surface area contributed by atoms with Crippen molar-refractivity contribution in [2.75, 3.05) is 6.61 Å². The molecule has 3 aromatic rings. The number of ether oxygens (including phenoxy) is 2. The Morgan fingerprint density at radius 3 is 2.10 bits per heavy atom. The first kappa shape index (κ1) is 21.4. The fourth-order valence-electron chi connectivity index (χ4n) is 2.51. The summed E-state index contributed by atoms with van der Waals surface area (Å²) in [6.45, 7) is 2.81. The highest BCUT2D eigenvalue weighted by Crippen LogP contribution is 2.19. The summed E-state index contributed by atoms with van der Waals surface area (Å²) in [5.41, 5.74) is 5.50. The number of nitrogens with zero attached hydrogens (tertiary/aromatic N) is 1. The van der Waals surface area contributed by atoms with Gasteiger partial charge in [-0.25, -0.2) is 0 Å². The van der Waals surface area contributed by atoms with E-state index in [4.69, 9.17) is 13.9 Å². The zero-order valence-electron chi connectivity index (χ0n) is 16.5. The van der Waals surface area contributed by atoms with Gasteiger partial charge in [0.2, 0.25) is 5.76 Å². The second-order valence-electron chi connectivity index (χ2n) is 6.19. The van der Waals surface area contributed by atoms with E-state index in [0.717, 1.165) is 23.4 Å². The van der Waals surface area contributed by atoms with E-state index in [2.05, 4.69) is 10.9 Å². The molecule has 0 aliphatic rings. The molecule has 0 fully saturated rings. The number of carbonyl (C=O) groups is 2. The van der Waals surface area contributed by atoms with Crippen LogP contribution in [0.1, 0.15) is 33.4 Å². The van der Waals surface area contributed by atoms with Gasteiger partial charge in [-0.05, 0) is 55.0 Å². The van der Waals surface area contributed by atoms with Crippen molar-refractivity contribution in [3.8, 4) is 11.5 Å². The summed E-state index contributed by atoms with van der Waals surface area (Å²) in [5.74, 6) is -0.794. The molecule has 31 heavy (non-hydrogen) atoms. The molecule has 2 N–H and O–H groups in total. The zero-order valence-corrected chi connectivity index (χ0v) is 16.5. The predicted molar refractivity (Wildman–Crippen MR) is 109 cm³/mol. The summed E-state index contributed by atoms with van der Waals surface area (Å²) in [4.78, 5) is 33.9. The van der Waals surface area contributed by atoms with Gasteiger partial charge in [0.25, 0.3) is 5.91 Å². The van der Waals surface area contributed by atoms with Crippen LogP contribution in [0.25, 0.3) is 0 Å². The maximum atomic E-state index is 12.2. The molecule has 1 aromatic heterocycles. The highest BCUT2D eigenvalue weighted by molar-refractivity contribution is 5.98. The molecule has 2 aromatic carbocycles. The summed E-state index contributed by atoms with van der Waals surface area (Å²) in [6.07, 6.45) is 0. The molecule has 0 atom stereocenters. The fourth-order valence-corrected chi connectivity index (χ4v) is 2.51. The Bertz CT molecular complexity index is 1060. The molecular weight excluding hydrogens is 406 g/mol. The Balaban J connectivity index is 1.48. The number of rotatable bonds is 8. The number of nitro groups is 1. The number of carbonyl (C=O) groups excluding carboxylic acids is 2. The van der Waals surface area contributed by atoms with E-state index in [1.807, 2.05) is 31.2 Å². The number of furan rings is 1. The Kier molecular flexibility index (Phi) is 6.84. The molecule has 0 saturated heterocycles. The van der Waals surface area contributed by atoms with E-state index in [1.54, 1.807) is 24.3 Å². The van der Waals surface area contributed by atoms with Crippen LogP contribution < -0.4 is 20.3 Å². The van der Waals surface area contributed by atoms with Crippen LogP contribution in [0.3, 0.4) is 0 Å². The maximum absolute atomic E-state index is 12.2. The maximum Gasteiger partial charge on any atom is 0.433 e. The van der Waals surface area contributed by atoms with Crippen LogP contribution >= 0.6 is 0 Å². The summed E-state index contributed by atoms with van der Waals surface area (Å²) in [6, 6.07) is 16.0. The smallest absolute Gasteiger partial charge is 0.433 e.